The molecular formula is C33H36N4O5S. The average molecular weight is 601 g/mol. The minimum Gasteiger partial charge on any atom is -0.497 e. The fourth-order valence-electron chi connectivity index (χ4n) is 5.02. The summed E-state index contributed by atoms with van der Waals surface area (Å²) in [5, 5.41) is 20.3. The van der Waals surface area contributed by atoms with Gasteiger partial charge in [-0.2, -0.15) is 0 Å². The van der Waals surface area contributed by atoms with Crippen molar-refractivity contribution in [3.05, 3.63) is 117 Å². The van der Waals surface area contributed by atoms with E-state index in [2.05, 4.69) is 15.6 Å². The Morgan fingerprint density at radius 3 is 2.60 bits per heavy atom. The standard InChI is InChI=1S/C33H36N4O5S/c1-22-20-43-32(35-22)29-19-42-21-37(29)33(40)26-12-7-11-25(16-26)31(39)36-28(15-23-8-4-3-5-9-23)30(38)18-34-17-24-10-6-13-27(14-24)41-2/h3-14,16,20,28-30,34,38H,15,17-19,21H2,1-2H3,(H,36,39)/t28-,29?,30+/m0/s1. The molecule has 0 aliphatic carbocycles. The number of benzene rings is 3. The van der Waals surface area contributed by atoms with Crippen molar-refractivity contribution in [3.63, 3.8) is 0 Å². The van der Waals surface area contributed by atoms with Gasteiger partial charge in [0.15, 0.2) is 0 Å². The number of rotatable bonds is 12. The molecule has 0 bridgehead atoms. The second kappa shape index (κ2) is 14.4. The predicted octanol–water partition coefficient (Wildman–Crippen LogP) is 4.12. The van der Waals surface area contributed by atoms with Crippen molar-refractivity contribution in [2.45, 2.75) is 38.1 Å². The van der Waals surface area contributed by atoms with Crippen LogP contribution in [-0.4, -0.2) is 65.9 Å². The number of amides is 2. The lowest BCUT2D eigenvalue weighted by Crippen LogP contribution is -2.48. The van der Waals surface area contributed by atoms with Crippen LogP contribution < -0.4 is 15.4 Å². The van der Waals surface area contributed by atoms with Crippen LogP contribution in [-0.2, 0) is 17.7 Å². The van der Waals surface area contributed by atoms with Gasteiger partial charge in [-0.3, -0.25) is 9.59 Å². The summed E-state index contributed by atoms with van der Waals surface area (Å²) < 4.78 is 10.9. The highest BCUT2D eigenvalue weighted by Crippen LogP contribution is 2.30. The summed E-state index contributed by atoms with van der Waals surface area (Å²) in [4.78, 5) is 33.2. The van der Waals surface area contributed by atoms with E-state index in [1.165, 1.54) is 11.3 Å². The number of hydrogen-bond donors (Lipinski definition) is 3. The molecule has 0 spiro atoms. The maximum Gasteiger partial charge on any atom is 0.256 e. The van der Waals surface area contributed by atoms with Crippen LogP contribution in [0.1, 0.15) is 48.6 Å². The van der Waals surface area contributed by atoms with E-state index >= 15 is 0 Å². The maximum absolute atomic E-state index is 13.5. The quantitative estimate of drug-likeness (QED) is 0.224. The molecule has 0 radical (unpaired) electrons. The number of aromatic nitrogens is 1. The Balaban J connectivity index is 1.27. The van der Waals surface area contributed by atoms with Gasteiger partial charge >= 0.3 is 0 Å². The van der Waals surface area contributed by atoms with Gasteiger partial charge < -0.3 is 30.1 Å². The van der Waals surface area contributed by atoms with Gasteiger partial charge in [-0.1, -0.05) is 48.5 Å². The van der Waals surface area contributed by atoms with E-state index in [9.17, 15) is 14.7 Å². The molecule has 224 valence electrons. The number of nitrogens with zero attached hydrogens (tertiary/aromatic N) is 2. The van der Waals surface area contributed by atoms with Crippen LogP contribution in [0.5, 0.6) is 5.75 Å². The minimum absolute atomic E-state index is 0.159. The van der Waals surface area contributed by atoms with Crippen molar-refractivity contribution in [3.8, 4) is 5.75 Å². The molecule has 1 aliphatic rings. The monoisotopic (exact) mass is 600 g/mol. The molecule has 1 fully saturated rings. The van der Waals surface area contributed by atoms with E-state index < -0.39 is 12.1 Å². The molecule has 10 heteroatoms. The summed E-state index contributed by atoms with van der Waals surface area (Å²) in [5.74, 6) is 0.167. The zero-order valence-corrected chi connectivity index (χ0v) is 25.0. The average Bonchev–Trinajstić information content (AvgIpc) is 3.70. The summed E-state index contributed by atoms with van der Waals surface area (Å²) in [6.45, 7) is 3.26. The van der Waals surface area contributed by atoms with Crippen LogP contribution in [0.15, 0.2) is 84.2 Å². The summed E-state index contributed by atoms with van der Waals surface area (Å²) in [6.07, 6.45) is -0.434. The summed E-state index contributed by atoms with van der Waals surface area (Å²) >= 11 is 1.50. The van der Waals surface area contributed by atoms with Gasteiger partial charge in [0.1, 0.15) is 23.5 Å². The fourth-order valence-corrected chi connectivity index (χ4v) is 5.92. The van der Waals surface area contributed by atoms with Crippen LogP contribution in [0.4, 0.5) is 0 Å². The first-order valence-electron chi connectivity index (χ1n) is 14.2. The topological polar surface area (TPSA) is 113 Å². The Hall–Kier alpha value is -4.09. The van der Waals surface area contributed by atoms with Crippen LogP contribution >= 0.6 is 11.3 Å². The normalized spacial score (nSPS) is 16.1. The van der Waals surface area contributed by atoms with Crippen molar-refractivity contribution in [1.82, 2.24) is 20.5 Å². The van der Waals surface area contributed by atoms with Crippen LogP contribution in [0.2, 0.25) is 0 Å². The van der Waals surface area contributed by atoms with Gasteiger partial charge in [0.25, 0.3) is 11.8 Å². The SMILES string of the molecule is COc1cccc(CNC[C@@H](O)[C@H](Cc2ccccc2)NC(=O)c2cccc(C(=O)N3COCC3c3nc(C)cs3)c2)c1. The third-order valence-corrected chi connectivity index (χ3v) is 8.40. The van der Waals surface area contributed by atoms with E-state index in [1.807, 2.05) is 66.9 Å². The van der Waals surface area contributed by atoms with Crippen molar-refractivity contribution in [2.24, 2.45) is 0 Å². The molecule has 43 heavy (non-hydrogen) atoms. The van der Waals surface area contributed by atoms with Gasteiger partial charge in [0.2, 0.25) is 0 Å². The maximum atomic E-state index is 13.5. The smallest absolute Gasteiger partial charge is 0.256 e. The van der Waals surface area contributed by atoms with E-state index in [0.717, 1.165) is 27.6 Å². The highest BCUT2D eigenvalue weighted by Gasteiger charge is 2.33. The number of carbonyl (C=O) groups is 2. The van der Waals surface area contributed by atoms with Crippen molar-refractivity contribution >= 4 is 23.2 Å². The number of aliphatic hydroxyl groups excluding tert-OH is 1. The number of aliphatic hydroxyl groups is 1. The fraction of sp³-hybridized carbons (Fsp3) is 0.303. The Morgan fingerprint density at radius 2 is 1.84 bits per heavy atom. The molecular weight excluding hydrogens is 564 g/mol. The van der Waals surface area contributed by atoms with Gasteiger partial charge in [0.05, 0.1) is 25.9 Å². The Labute approximate surface area is 255 Å². The lowest BCUT2D eigenvalue weighted by molar-refractivity contribution is 0.0658. The van der Waals surface area contributed by atoms with E-state index in [1.54, 1.807) is 36.3 Å². The van der Waals surface area contributed by atoms with Crippen molar-refractivity contribution in [2.75, 3.05) is 27.0 Å². The second-order valence-electron chi connectivity index (χ2n) is 10.5. The molecule has 3 N–H and O–H groups in total. The van der Waals surface area contributed by atoms with Gasteiger partial charge in [-0.15, -0.1) is 11.3 Å². The molecule has 3 aromatic carbocycles. The highest BCUT2D eigenvalue weighted by molar-refractivity contribution is 7.09. The van der Waals surface area contributed by atoms with Gasteiger partial charge in [0, 0.05) is 35.3 Å². The molecule has 9 nitrogen and oxygen atoms in total. The van der Waals surface area contributed by atoms with Crippen LogP contribution in [0, 0.1) is 6.92 Å². The second-order valence-corrected chi connectivity index (χ2v) is 11.4. The highest BCUT2D eigenvalue weighted by atomic mass is 32.1. The Morgan fingerprint density at radius 1 is 1.07 bits per heavy atom. The third-order valence-electron chi connectivity index (χ3n) is 7.33. The number of ether oxygens (including phenoxy) is 2. The minimum atomic E-state index is -0.871. The zero-order chi connectivity index (χ0) is 30.2. The van der Waals surface area contributed by atoms with Crippen molar-refractivity contribution in [1.29, 1.82) is 0 Å². The first-order valence-corrected chi connectivity index (χ1v) is 15.1. The molecule has 2 heterocycles. The first kappa shape index (κ1) is 30.4. The molecule has 1 aromatic heterocycles. The van der Waals surface area contributed by atoms with Gasteiger partial charge in [-0.25, -0.2) is 4.98 Å². The first-order chi connectivity index (χ1) is 20.9. The lowest BCUT2D eigenvalue weighted by Gasteiger charge is -2.25. The largest absolute Gasteiger partial charge is 0.497 e. The molecule has 1 saturated heterocycles. The van der Waals surface area contributed by atoms with E-state index in [-0.39, 0.29) is 31.1 Å². The summed E-state index contributed by atoms with van der Waals surface area (Å²) in [7, 11) is 1.62. The molecule has 4 aromatic rings. The Bertz CT molecular complexity index is 1530. The summed E-state index contributed by atoms with van der Waals surface area (Å²) in [5.41, 5.74) is 3.63. The predicted molar refractivity (Wildman–Crippen MR) is 165 cm³/mol. The molecule has 2 amide bonds. The Kier molecular flexibility index (Phi) is 10.2. The molecule has 1 unspecified atom stereocenters. The molecule has 5 rings (SSSR count). The van der Waals surface area contributed by atoms with Gasteiger partial charge in [-0.05, 0) is 54.8 Å². The molecule has 1 aliphatic heterocycles. The van der Waals surface area contributed by atoms with Crippen LogP contribution in [0.3, 0.4) is 0 Å². The van der Waals surface area contributed by atoms with Crippen LogP contribution in [0.25, 0.3) is 0 Å². The lowest BCUT2D eigenvalue weighted by atomic mass is 10.00. The number of aryl methyl sites for hydroxylation is 1. The zero-order valence-electron chi connectivity index (χ0n) is 24.2. The third kappa shape index (κ3) is 7.85. The number of hydrogen-bond acceptors (Lipinski definition) is 8. The number of methoxy groups -OCH3 is 1. The molecule has 3 atom stereocenters. The molecule has 0 saturated carbocycles. The van der Waals surface area contributed by atoms with E-state index in [4.69, 9.17) is 9.47 Å². The summed E-state index contributed by atoms with van der Waals surface area (Å²) in [6, 6.07) is 23.2. The number of thiazole rings is 1. The van der Waals surface area contributed by atoms with E-state index in [0.29, 0.717) is 30.7 Å². The number of nitrogens with one attached hydrogen (secondary N) is 2. The number of carbonyl (C=O) groups excluding carboxylic acids is 2. The van der Waals surface area contributed by atoms with Crippen molar-refractivity contribution < 1.29 is 24.2 Å².